The lowest BCUT2D eigenvalue weighted by atomic mass is 10.0. The number of anilines is 1. The molecule has 1 aliphatic rings. The summed E-state index contributed by atoms with van der Waals surface area (Å²) in [6, 6.07) is 16.2. The van der Waals surface area contributed by atoms with Crippen LogP contribution in [0.3, 0.4) is 0 Å². The Morgan fingerprint density at radius 3 is 2.64 bits per heavy atom. The van der Waals surface area contributed by atoms with E-state index >= 15 is 0 Å². The number of benzene rings is 3. The highest BCUT2D eigenvalue weighted by Crippen LogP contribution is 2.38. The lowest BCUT2D eigenvalue weighted by Crippen LogP contribution is -2.36. The molecule has 216 valence electrons. The molecule has 0 spiro atoms. The second kappa shape index (κ2) is 13.8. The first-order valence-electron chi connectivity index (χ1n) is 12.8. The van der Waals surface area contributed by atoms with Gasteiger partial charge < -0.3 is 14.8 Å². The summed E-state index contributed by atoms with van der Waals surface area (Å²) in [6.45, 7) is 5.52. The number of nitro groups is 1. The number of hydrogen-bond acceptors (Lipinski definition) is 8. The maximum Gasteiger partial charge on any atom is 0.294 e. The van der Waals surface area contributed by atoms with Gasteiger partial charge in [0.1, 0.15) is 13.2 Å². The van der Waals surface area contributed by atoms with Crippen LogP contribution < -0.4 is 14.8 Å². The molecule has 1 aliphatic heterocycles. The van der Waals surface area contributed by atoms with Crippen molar-refractivity contribution >= 4 is 57.9 Å². The van der Waals surface area contributed by atoms with Gasteiger partial charge in [-0.2, -0.15) is 0 Å². The van der Waals surface area contributed by atoms with E-state index in [9.17, 15) is 24.5 Å². The van der Waals surface area contributed by atoms with Crippen LogP contribution in [0, 0.1) is 10.1 Å². The van der Waals surface area contributed by atoms with Gasteiger partial charge >= 0.3 is 0 Å². The molecule has 0 unspecified atom stereocenters. The lowest BCUT2D eigenvalue weighted by Gasteiger charge is -2.17. The number of amides is 3. The summed E-state index contributed by atoms with van der Waals surface area (Å²) < 4.78 is 11.9. The van der Waals surface area contributed by atoms with Crippen LogP contribution in [0.5, 0.6) is 11.5 Å². The van der Waals surface area contributed by atoms with Crippen molar-refractivity contribution in [2.75, 3.05) is 18.5 Å². The zero-order valence-electron chi connectivity index (χ0n) is 22.5. The van der Waals surface area contributed by atoms with Crippen LogP contribution in [-0.2, 0) is 22.6 Å². The number of imide groups is 1. The molecule has 10 nitrogen and oxygen atoms in total. The average Bonchev–Trinajstić information content (AvgIpc) is 3.21. The molecule has 0 aromatic heterocycles. The van der Waals surface area contributed by atoms with E-state index in [2.05, 4.69) is 11.9 Å². The number of para-hydroxylation sites is 1. The number of allylic oxidation sites excluding steroid dienone is 1. The summed E-state index contributed by atoms with van der Waals surface area (Å²) in [7, 11) is 0. The molecule has 0 atom stereocenters. The molecule has 1 fully saturated rings. The Labute approximate surface area is 251 Å². The van der Waals surface area contributed by atoms with E-state index in [1.807, 2.05) is 6.92 Å². The number of hydrogen-bond donors (Lipinski definition) is 1. The van der Waals surface area contributed by atoms with Crippen molar-refractivity contribution < 1.29 is 28.8 Å². The van der Waals surface area contributed by atoms with Gasteiger partial charge in [0.15, 0.2) is 11.5 Å². The number of thioether (sulfide) groups is 1. The van der Waals surface area contributed by atoms with Crippen LogP contribution in [0.1, 0.15) is 23.6 Å². The smallest absolute Gasteiger partial charge is 0.294 e. The minimum Gasteiger partial charge on any atom is -0.490 e. The second-order valence-corrected chi connectivity index (χ2v) is 10.3. The summed E-state index contributed by atoms with van der Waals surface area (Å²) in [6.07, 6.45) is 3.63. The first-order chi connectivity index (χ1) is 20.2. The number of carbonyl (C=O) groups is 3. The minimum absolute atomic E-state index is 0.0434. The van der Waals surface area contributed by atoms with Gasteiger partial charge in [-0.1, -0.05) is 41.9 Å². The van der Waals surface area contributed by atoms with Gasteiger partial charge in [0.05, 0.1) is 27.1 Å². The fourth-order valence-electron chi connectivity index (χ4n) is 4.10. The van der Waals surface area contributed by atoms with Crippen LogP contribution >= 0.6 is 23.4 Å². The molecule has 3 aromatic carbocycles. The van der Waals surface area contributed by atoms with E-state index in [0.29, 0.717) is 51.9 Å². The van der Waals surface area contributed by atoms with Crippen molar-refractivity contribution in [1.29, 1.82) is 0 Å². The van der Waals surface area contributed by atoms with Crippen LogP contribution in [0.15, 0.2) is 78.2 Å². The van der Waals surface area contributed by atoms with Crippen LogP contribution in [0.4, 0.5) is 16.2 Å². The molecule has 0 aliphatic carbocycles. The number of ether oxygens (including phenoxy) is 2. The topological polar surface area (TPSA) is 128 Å². The van der Waals surface area contributed by atoms with Gasteiger partial charge in [0.25, 0.3) is 16.8 Å². The molecule has 3 aromatic rings. The van der Waals surface area contributed by atoms with E-state index in [1.165, 1.54) is 12.1 Å². The Hall–Kier alpha value is -4.61. The van der Waals surface area contributed by atoms with Crippen LogP contribution in [0.2, 0.25) is 5.02 Å². The maximum atomic E-state index is 13.1. The second-order valence-electron chi connectivity index (χ2n) is 8.94. The van der Waals surface area contributed by atoms with Gasteiger partial charge in [-0.15, -0.1) is 6.58 Å². The molecule has 42 heavy (non-hydrogen) atoms. The highest BCUT2D eigenvalue weighted by Gasteiger charge is 2.36. The largest absolute Gasteiger partial charge is 0.490 e. The highest BCUT2D eigenvalue weighted by molar-refractivity contribution is 8.18. The quantitative estimate of drug-likeness (QED) is 0.105. The van der Waals surface area contributed by atoms with Crippen molar-refractivity contribution in [3.05, 3.63) is 110 Å². The van der Waals surface area contributed by atoms with Crippen molar-refractivity contribution in [1.82, 2.24) is 4.90 Å². The lowest BCUT2D eigenvalue weighted by molar-refractivity contribution is -0.384. The normalized spacial score (nSPS) is 13.8. The summed E-state index contributed by atoms with van der Waals surface area (Å²) in [5.41, 5.74) is 2.21. The minimum atomic E-state index is -0.603. The van der Waals surface area contributed by atoms with Gasteiger partial charge in [-0.25, -0.2) is 0 Å². The molecule has 0 radical (unpaired) electrons. The number of rotatable bonds is 12. The standard InChI is InChI=1S/C30H26ClN3O7S/c1-3-8-21-13-20(15-25(40-4-2)28(21)41-18-19-9-7-10-22(14-19)34(38)39)16-26-29(36)33(30(37)42-26)17-27(35)32-24-12-6-5-11-23(24)31/h3,5-7,9-16H,1,4,8,17-18H2,2H3,(H,32,35)/b26-16+. The Morgan fingerprint density at radius 2 is 1.93 bits per heavy atom. The number of halogens is 1. The molecular weight excluding hydrogens is 582 g/mol. The van der Waals surface area contributed by atoms with E-state index in [4.69, 9.17) is 21.1 Å². The monoisotopic (exact) mass is 607 g/mol. The first-order valence-corrected chi connectivity index (χ1v) is 14.0. The summed E-state index contributed by atoms with van der Waals surface area (Å²) in [5, 5.41) is 13.5. The fourth-order valence-corrected chi connectivity index (χ4v) is 5.12. The summed E-state index contributed by atoms with van der Waals surface area (Å²) in [5.74, 6) is -0.339. The molecule has 0 bridgehead atoms. The van der Waals surface area contributed by atoms with Crippen LogP contribution in [0.25, 0.3) is 6.08 Å². The van der Waals surface area contributed by atoms with Crippen molar-refractivity contribution in [2.45, 2.75) is 20.0 Å². The molecular formula is C30H26ClN3O7S. The van der Waals surface area contributed by atoms with E-state index in [0.717, 1.165) is 16.7 Å². The summed E-state index contributed by atoms with van der Waals surface area (Å²) >= 11 is 6.81. The average molecular weight is 608 g/mol. The Balaban J connectivity index is 1.56. The molecule has 4 rings (SSSR count). The molecule has 1 heterocycles. The number of nitrogens with one attached hydrogen (secondary N) is 1. The molecule has 3 amide bonds. The predicted molar refractivity (Wildman–Crippen MR) is 162 cm³/mol. The van der Waals surface area contributed by atoms with Crippen molar-refractivity contribution in [3.63, 3.8) is 0 Å². The van der Waals surface area contributed by atoms with E-state index < -0.39 is 28.5 Å². The third-order valence-electron chi connectivity index (χ3n) is 5.94. The maximum absolute atomic E-state index is 13.1. The molecule has 0 saturated carbocycles. The number of nitro benzene ring substituents is 1. The highest BCUT2D eigenvalue weighted by atomic mass is 35.5. The van der Waals surface area contributed by atoms with Gasteiger partial charge in [0.2, 0.25) is 5.91 Å². The zero-order chi connectivity index (χ0) is 30.2. The van der Waals surface area contributed by atoms with Gasteiger partial charge in [-0.05, 0) is 66.6 Å². The SMILES string of the molecule is C=CCc1cc(/C=C2/SC(=O)N(CC(=O)Nc3ccccc3Cl)C2=O)cc(OCC)c1OCc1cccc([N+](=O)[O-])c1. The number of non-ortho nitro benzene ring substituents is 1. The van der Waals surface area contributed by atoms with Gasteiger partial charge in [-0.3, -0.25) is 29.4 Å². The van der Waals surface area contributed by atoms with E-state index in [-0.39, 0.29) is 17.2 Å². The first kappa shape index (κ1) is 30.4. The number of carbonyl (C=O) groups excluding carboxylic acids is 3. The van der Waals surface area contributed by atoms with Crippen molar-refractivity contribution in [3.8, 4) is 11.5 Å². The Kier molecular flexibility index (Phi) is 10.00. The fraction of sp³-hybridized carbons (Fsp3) is 0.167. The Morgan fingerprint density at radius 1 is 1.14 bits per heavy atom. The zero-order valence-corrected chi connectivity index (χ0v) is 24.1. The predicted octanol–water partition coefficient (Wildman–Crippen LogP) is 6.63. The number of nitrogens with zero attached hydrogens (tertiary/aromatic N) is 2. The summed E-state index contributed by atoms with van der Waals surface area (Å²) in [4.78, 5) is 50.0. The molecule has 12 heteroatoms. The van der Waals surface area contributed by atoms with Gasteiger partial charge in [0, 0.05) is 17.7 Å². The third kappa shape index (κ3) is 7.36. The molecule has 1 N–H and O–H groups in total. The Bertz CT molecular complexity index is 1590. The third-order valence-corrected chi connectivity index (χ3v) is 7.18. The van der Waals surface area contributed by atoms with E-state index in [1.54, 1.807) is 60.7 Å². The molecule has 1 saturated heterocycles. The van der Waals surface area contributed by atoms with Crippen LogP contribution in [-0.4, -0.2) is 40.0 Å². The van der Waals surface area contributed by atoms with Crippen molar-refractivity contribution in [2.24, 2.45) is 0 Å².